The highest BCUT2D eigenvalue weighted by atomic mass is 127. The van der Waals surface area contributed by atoms with Gasteiger partial charge in [-0.3, -0.25) is 19.2 Å². The molecule has 0 fully saturated rings. The van der Waals surface area contributed by atoms with Crippen molar-refractivity contribution < 1.29 is 67.5 Å². The number of benzene rings is 8. The molecule has 0 aliphatic heterocycles. The van der Waals surface area contributed by atoms with Gasteiger partial charge in [-0.25, -0.2) is 88.2 Å². The van der Waals surface area contributed by atoms with E-state index in [1.807, 2.05) is 56.3 Å². The normalized spacial score (nSPS) is 12.3. The van der Waals surface area contributed by atoms with Crippen molar-refractivity contribution in [1.82, 2.24) is 39.9 Å². The molecular weight excluding hydrogens is 1660 g/mol. The molecule has 0 radical (unpaired) electrons. The van der Waals surface area contributed by atoms with Gasteiger partial charge < -0.3 is 21.3 Å². The highest BCUT2D eigenvalue weighted by Crippen LogP contribution is 2.39. The molecule has 0 atom stereocenters. The molecule has 610 valence electrons. The molecule has 4 N–H and O–H groups in total. The average molecular weight is 1740 g/mol. The first-order chi connectivity index (χ1) is 57.3. The van der Waals surface area contributed by atoms with Gasteiger partial charge in [0.25, 0.3) is 5.91 Å². The third kappa shape index (κ3) is 20.0. The quantitative estimate of drug-likeness (QED) is 0.0257. The van der Waals surface area contributed by atoms with Crippen LogP contribution in [0.25, 0.3) is 45.0 Å². The SMILES string of the molecule is CCCc1nc2c(nc1NC(=O)Cc1c(F)c(F)c(F)c(F)c1F)CCc1cc(F)ccc1-2.CCCc1nc2c(nc1NC(=O)Cc1ccc(F)c(F)c1)CCc1cc(F)ccc1-2.CCCc1nc2c(nc1NC(=O)Cc1ccc(I)cc1)CCc1cc(F)ccc1-2.CCCc1nc2c(nc1NC(=O)c1ccccc1)CCc1cc(F)ccc1-2. The summed E-state index contributed by atoms with van der Waals surface area (Å²) in [7, 11) is 0. The van der Waals surface area contributed by atoms with E-state index in [1.54, 1.807) is 48.5 Å². The van der Waals surface area contributed by atoms with Crippen LogP contribution in [0.2, 0.25) is 0 Å². The molecule has 0 saturated carbocycles. The Kier molecular flexibility index (Phi) is 27.2. The molecule has 0 unspecified atom stereocenters. The molecule has 8 aromatic carbocycles. The van der Waals surface area contributed by atoms with Crippen LogP contribution < -0.4 is 21.3 Å². The van der Waals surface area contributed by atoms with Crippen molar-refractivity contribution in [1.29, 1.82) is 0 Å². The Morgan fingerprint density at radius 1 is 0.328 bits per heavy atom. The number of amides is 4. The maximum absolute atomic E-state index is 13.9. The molecule has 4 aliphatic carbocycles. The number of carbonyl (C=O) groups excluding carboxylic acids is 4. The van der Waals surface area contributed by atoms with Crippen molar-refractivity contribution in [2.45, 2.75) is 150 Å². The number of nitrogens with zero attached hydrogens (tertiary/aromatic N) is 8. The number of nitrogens with one attached hydrogen (secondary N) is 4. The van der Waals surface area contributed by atoms with Crippen molar-refractivity contribution in [3.63, 3.8) is 0 Å². The van der Waals surface area contributed by atoms with Crippen LogP contribution >= 0.6 is 22.6 Å². The van der Waals surface area contributed by atoms with Crippen molar-refractivity contribution >= 4 is 69.5 Å². The molecule has 16 nitrogen and oxygen atoms in total. The van der Waals surface area contributed by atoms with Gasteiger partial charge in [0.1, 0.15) is 23.3 Å². The third-order valence-corrected chi connectivity index (χ3v) is 20.9. The zero-order valence-electron chi connectivity index (χ0n) is 65.0. The number of aryl methyl sites for hydroxylation is 12. The number of hydrogen-bond acceptors (Lipinski definition) is 12. The Bertz CT molecular complexity index is 5880. The lowest BCUT2D eigenvalue weighted by Gasteiger charge is -2.21. The van der Waals surface area contributed by atoms with E-state index >= 15 is 0 Å². The first kappa shape index (κ1) is 84.8. The molecule has 4 heterocycles. The summed E-state index contributed by atoms with van der Waals surface area (Å²) in [6, 6.07) is 39.0. The van der Waals surface area contributed by atoms with Crippen LogP contribution in [0, 0.1) is 67.6 Å². The summed E-state index contributed by atoms with van der Waals surface area (Å²) in [6.45, 7) is 8.00. The first-order valence-corrected chi connectivity index (χ1v) is 40.1. The lowest BCUT2D eigenvalue weighted by Crippen LogP contribution is -2.21. The van der Waals surface area contributed by atoms with E-state index < -0.39 is 58.6 Å². The minimum absolute atomic E-state index is 0.0510. The standard InChI is InChI=1S/C23H17F6N3O.C23H20F3N3O.C23H21FIN3O.C22H20FN3O/c1-2-3-15-23(31-14-7-4-10-8-11(24)5-6-12(10)22(14)30-15)32-16(33)9-13-17(25)19(27)21(29)20(28)18(13)26;1-2-3-20-23(29-21(30)11-13-4-8-17(25)18(26)10-13)28-19-9-5-14-12-15(24)6-7-16(14)22(19)27-20;1-2-3-20-23(28-21(29)12-14-4-8-17(25)9-5-14)27-19-11-6-15-13-16(24)7-10-18(15)22(19)26-20;1-2-6-19-21(26-22(27)14-7-4-3-5-8-14)25-18-12-9-15-13-16(23)10-11-17(15)20(18)24-19/h5-6,8H,2-4,7,9H2,1H3,(H,31,32,33);4,6-8,10,12H,2-3,5,9,11H2,1H3,(H,28,29,30);4-5,7-10,13H,2-3,6,11-12H2,1H3,(H,27,28,29);3-5,7-8,10-11,13H,2,6,9,12H2,1H3,(H,25,26,27). The maximum Gasteiger partial charge on any atom is 0.256 e. The summed E-state index contributed by atoms with van der Waals surface area (Å²) < 4.78 is 150. The maximum atomic E-state index is 13.9. The Balaban J connectivity index is 0.000000138. The highest BCUT2D eigenvalue weighted by Gasteiger charge is 2.31. The van der Waals surface area contributed by atoms with Crippen molar-refractivity contribution in [3.05, 3.63) is 303 Å². The lowest BCUT2D eigenvalue weighted by atomic mass is 9.91. The predicted molar refractivity (Wildman–Crippen MR) is 438 cm³/mol. The minimum atomic E-state index is -2.29. The minimum Gasteiger partial charge on any atom is -0.309 e. The van der Waals surface area contributed by atoms with Crippen LogP contribution in [0.3, 0.4) is 0 Å². The number of anilines is 4. The summed E-state index contributed by atoms with van der Waals surface area (Å²) in [5.74, 6) is -13.9. The fourth-order valence-corrected chi connectivity index (χ4v) is 14.9. The molecular formula is C91H78F11IN12O4. The molecule has 4 aromatic heterocycles. The summed E-state index contributed by atoms with van der Waals surface area (Å²) in [5.41, 5.74) is 16.2. The number of rotatable bonds is 19. The van der Waals surface area contributed by atoms with Crippen LogP contribution in [0.15, 0.2) is 146 Å². The number of aromatic nitrogens is 8. The average Bonchev–Trinajstić information content (AvgIpc) is 0.786. The summed E-state index contributed by atoms with van der Waals surface area (Å²) in [4.78, 5) is 87.7. The summed E-state index contributed by atoms with van der Waals surface area (Å²) in [6.07, 6.45) is 9.71. The van der Waals surface area contributed by atoms with Crippen LogP contribution in [0.5, 0.6) is 0 Å². The molecule has 4 amide bonds. The van der Waals surface area contributed by atoms with E-state index in [9.17, 15) is 67.5 Å². The largest absolute Gasteiger partial charge is 0.309 e. The molecule has 28 heteroatoms. The van der Waals surface area contributed by atoms with Crippen LogP contribution in [0.1, 0.15) is 148 Å². The van der Waals surface area contributed by atoms with Crippen LogP contribution in [-0.4, -0.2) is 63.5 Å². The van der Waals surface area contributed by atoms with Gasteiger partial charge in [0.15, 0.2) is 58.2 Å². The van der Waals surface area contributed by atoms with Crippen molar-refractivity contribution in [3.8, 4) is 45.0 Å². The summed E-state index contributed by atoms with van der Waals surface area (Å²) >= 11 is 2.24. The molecule has 0 bridgehead atoms. The van der Waals surface area contributed by atoms with Gasteiger partial charge in [-0.1, -0.05) is 89.8 Å². The molecule has 4 aliphatic rings. The van der Waals surface area contributed by atoms with Crippen molar-refractivity contribution in [2.24, 2.45) is 0 Å². The monoisotopic (exact) mass is 1740 g/mol. The zero-order valence-corrected chi connectivity index (χ0v) is 67.2. The number of carbonyl (C=O) groups is 4. The fraction of sp³-hybridized carbons (Fsp3) is 0.253. The smallest absolute Gasteiger partial charge is 0.256 e. The number of hydrogen-bond donors (Lipinski definition) is 4. The van der Waals surface area contributed by atoms with E-state index in [1.165, 1.54) is 42.5 Å². The zero-order chi connectivity index (χ0) is 84.3. The summed E-state index contributed by atoms with van der Waals surface area (Å²) in [5, 5.41) is 11.1. The van der Waals surface area contributed by atoms with Gasteiger partial charge >= 0.3 is 0 Å². The van der Waals surface area contributed by atoms with Gasteiger partial charge in [-0.05, 0) is 242 Å². The van der Waals surface area contributed by atoms with E-state index in [0.29, 0.717) is 128 Å². The van der Waals surface area contributed by atoms with Crippen LogP contribution in [0.4, 0.5) is 71.6 Å². The van der Waals surface area contributed by atoms with E-state index in [-0.39, 0.29) is 53.2 Å². The second-order valence-corrected chi connectivity index (χ2v) is 30.1. The molecule has 16 rings (SSSR count). The molecule has 12 aromatic rings. The van der Waals surface area contributed by atoms with Gasteiger partial charge in [0.2, 0.25) is 23.5 Å². The predicted octanol–water partition coefficient (Wildman–Crippen LogP) is 19.7. The topological polar surface area (TPSA) is 220 Å². The van der Waals surface area contributed by atoms with E-state index in [2.05, 4.69) is 72.7 Å². The van der Waals surface area contributed by atoms with Gasteiger partial charge in [-0.2, -0.15) is 0 Å². The lowest BCUT2D eigenvalue weighted by molar-refractivity contribution is -0.116. The highest BCUT2D eigenvalue weighted by molar-refractivity contribution is 14.1. The van der Waals surface area contributed by atoms with E-state index in [0.717, 1.165) is 143 Å². The molecule has 0 spiro atoms. The fourth-order valence-electron chi connectivity index (χ4n) is 14.5. The number of halogens is 12. The second kappa shape index (κ2) is 38.1. The first-order valence-electron chi connectivity index (χ1n) is 39.0. The van der Waals surface area contributed by atoms with Gasteiger partial charge in [0, 0.05) is 37.0 Å². The third-order valence-electron chi connectivity index (χ3n) is 20.2. The van der Waals surface area contributed by atoms with Gasteiger partial charge in [0.05, 0.1) is 87.6 Å². The van der Waals surface area contributed by atoms with Gasteiger partial charge in [-0.15, -0.1) is 0 Å². The second-order valence-electron chi connectivity index (χ2n) is 28.9. The van der Waals surface area contributed by atoms with Crippen LogP contribution in [-0.2, 0) is 111 Å². The Labute approximate surface area is 692 Å². The molecule has 0 saturated heterocycles. The van der Waals surface area contributed by atoms with Crippen molar-refractivity contribution in [2.75, 3.05) is 21.3 Å². The number of fused-ring (bicyclic) bond motifs is 12. The Morgan fingerprint density at radius 2 is 0.647 bits per heavy atom. The molecule has 119 heavy (non-hydrogen) atoms. The Morgan fingerprint density at radius 3 is 0.992 bits per heavy atom. The Hall–Kier alpha value is -12.1. The van der Waals surface area contributed by atoms with E-state index in [4.69, 9.17) is 24.9 Å².